The third-order valence-electron chi connectivity index (χ3n) is 3.69. The summed E-state index contributed by atoms with van der Waals surface area (Å²) in [6.07, 6.45) is -0.0214. The first kappa shape index (κ1) is 17.5. The lowest BCUT2D eigenvalue weighted by Crippen LogP contribution is -2.25. The Morgan fingerprint density at radius 1 is 1.13 bits per heavy atom. The lowest BCUT2D eigenvalue weighted by atomic mass is 9.87. The van der Waals surface area contributed by atoms with Gasteiger partial charge >= 0.3 is 0 Å². The molecule has 23 heavy (non-hydrogen) atoms. The van der Waals surface area contributed by atoms with E-state index in [-0.39, 0.29) is 22.8 Å². The second-order valence-corrected chi connectivity index (χ2v) is 7.02. The number of carbonyl (C=O) groups is 1. The van der Waals surface area contributed by atoms with Gasteiger partial charge in [-0.2, -0.15) is 0 Å². The molecule has 1 amide bonds. The fourth-order valence-electron chi connectivity index (χ4n) is 2.24. The Hall–Kier alpha value is -1.87. The molecule has 2 aromatic carbocycles. The van der Waals surface area contributed by atoms with Crippen molar-refractivity contribution in [3.8, 4) is 0 Å². The van der Waals surface area contributed by atoms with E-state index in [0.29, 0.717) is 12.1 Å². The Kier molecular flexibility index (Phi) is 5.42. The molecular formula is C19H21ClFNO. The van der Waals surface area contributed by atoms with Gasteiger partial charge in [0.1, 0.15) is 5.82 Å². The summed E-state index contributed by atoms with van der Waals surface area (Å²) in [4.78, 5) is 12.0. The molecule has 0 unspecified atom stereocenters. The van der Waals surface area contributed by atoms with E-state index in [9.17, 15) is 9.18 Å². The van der Waals surface area contributed by atoms with Crippen LogP contribution in [0.15, 0.2) is 42.5 Å². The number of halogens is 2. The zero-order chi connectivity index (χ0) is 17.0. The first-order valence-electron chi connectivity index (χ1n) is 7.56. The minimum Gasteiger partial charge on any atom is -0.352 e. The monoisotopic (exact) mass is 333 g/mol. The first-order valence-corrected chi connectivity index (χ1v) is 7.94. The van der Waals surface area contributed by atoms with Gasteiger partial charge in [-0.3, -0.25) is 4.79 Å². The maximum atomic E-state index is 13.8. The van der Waals surface area contributed by atoms with Crippen molar-refractivity contribution in [3.05, 3.63) is 70.0 Å². The predicted molar refractivity (Wildman–Crippen MR) is 92.1 cm³/mol. The van der Waals surface area contributed by atoms with Crippen LogP contribution in [0.5, 0.6) is 0 Å². The van der Waals surface area contributed by atoms with Crippen LogP contribution in [-0.2, 0) is 23.2 Å². The highest BCUT2D eigenvalue weighted by Crippen LogP contribution is 2.22. The Labute approximate surface area is 141 Å². The third-order valence-corrected chi connectivity index (χ3v) is 3.98. The average Bonchev–Trinajstić information content (AvgIpc) is 2.49. The normalized spacial score (nSPS) is 11.3. The highest BCUT2D eigenvalue weighted by atomic mass is 35.5. The summed E-state index contributed by atoms with van der Waals surface area (Å²) in [5.74, 6) is -0.759. The maximum absolute atomic E-state index is 13.8. The van der Waals surface area contributed by atoms with E-state index in [0.717, 1.165) is 5.56 Å². The SMILES string of the molecule is CC(C)(C)c1ccc(CNC(=O)Cc2cccc(Cl)c2F)cc1. The largest absolute Gasteiger partial charge is 0.352 e. The van der Waals surface area contributed by atoms with Crippen LogP contribution in [0, 0.1) is 5.82 Å². The fraction of sp³-hybridized carbons (Fsp3) is 0.316. The second-order valence-electron chi connectivity index (χ2n) is 6.61. The third kappa shape index (κ3) is 4.80. The summed E-state index contributed by atoms with van der Waals surface area (Å²) in [6.45, 7) is 6.89. The number of rotatable bonds is 4. The number of benzene rings is 2. The minimum absolute atomic E-state index is 0.0214. The molecule has 1 N–H and O–H groups in total. The highest BCUT2D eigenvalue weighted by molar-refractivity contribution is 6.30. The zero-order valence-electron chi connectivity index (χ0n) is 13.6. The molecule has 0 saturated heterocycles. The van der Waals surface area contributed by atoms with Gasteiger partial charge in [-0.15, -0.1) is 0 Å². The molecule has 0 aliphatic heterocycles. The lowest BCUT2D eigenvalue weighted by molar-refractivity contribution is -0.120. The first-order chi connectivity index (χ1) is 10.8. The van der Waals surface area contributed by atoms with Crippen molar-refractivity contribution >= 4 is 17.5 Å². The van der Waals surface area contributed by atoms with Crippen LogP contribution in [-0.4, -0.2) is 5.91 Å². The molecule has 122 valence electrons. The molecule has 0 aromatic heterocycles. The quantitative estimate of drug-likeness (QED) is 0.868. The van der Waals surface area contributed by atoms with Crippen molar-refractivity contribution < 1.29 is 9.18 Å². The standard InChI is InChI=1S/C19H21ClFNO/c1-19(2,3)15-9-7-13(8-10-15)12-22-17(23)11-14-5-4-6-16(20)18(14)21/h4-10H,11-12H2,1-3H3,(H,22,23). The van der Waals surface area contributed by atoms with Gasteiger partial charge in [0.2, 0.25) is 5.91 Å². The van der Waals surface area contributed by atoms with E-state index >= 15 is 0 Å². The van der Waals surface area contributed by atoms with Gasteiger partial charge in [0.25, 0.3) is 0 Å². The van der Waals surface area contributed by atoms with E-state index in [1.54, 1.807) is 12.1 Å². The lowest BCUT2D eigenvalue weighted by Gasteiger charge is -2.19. The molecule has 0 spiro atoms. The van der Waals surface area contributed by atoms with Crippen molar-refractivity contribution in [1.82, 2.24) is 5.32 Å². The molecule has 0 aliphatic carbocycles. The van der Waals surface area contributed by atoms with Gasteiger partial charge in [-0.05, 0) is 28.2 Å². The number of carbonyl (C=O) groups excluding carboxylic acids is 1. The summed E-state index contributed by atoms with van der Waals surface area (Å²) in [5, 5.41) is 2.84. The second kappa shape index (κ2) is 7.14. The highest BCUT2D eigenvalue weighted by Gasteiger charge is 2.13. The van der Waals surface area contributed by atoms with Gasteiger partial charge in [0, 0.05) is 6.54 Å². The van der Waals surface area contributed by atoms with Crippen LogP contribution in [0.1, 0.15) is 37.5 Å². The number of amides is 1. The average molecular weight is 334 g/mol. The minimum atomic E-state index is -0.529. The zero-order valence-corrected chi connectivity index (χ0v) is 14.4. The van der Waals surface area contributed by atoms with E-state index in [1.807, 2.05) is 12.1 Å². The van der Waals surface area contributed by atoms with Crippen molar-refractivity contribution in [2.24, 2.45) is 0 Å². The van der Waals surface area contributed by atoms with Crippen LogP contribution in [0.2, 0.25) is 5.02 Å². The molecule has 2 aromatic rings. The molecule has 0 bridgehead atoms. The van der Waals surface area contributed by atoms with Crippen LogP contribution >= 0.6 is 11.6 Å². The Balaban J connectivity index is 1.93. The Morgan fingerprint density at radius 3 is 2.39 bits per heavy atom. The van der Waals surface area contributed by atoms with Gasteiger partial charge in [-0.1, -0.05) is 68.8 Å². The van der Waals surface area contributed by atoms with E-state index in [4.69, 9.17) is 11.6 Å². The van der Waals surface area contributed by atoms with E-state index in [2.05, 4.69) is 38.2 Å². The van der Waals surface area contributed by atoms with E-state index in [1.165, 1.54) is 11.6 Å². The summed E-state index contributed by atoms with van der Waals surface area (Å²) in [6, 6.07) is 12.8. The van der Waals surface area contributed by atoms with Crippen LogP contribution in [0.3, 0.4) is 0 Å². The van der Waals surface area contributed by atoms with Crippen molar-refractivity contribution in [1.29, 1.82) is 0 Å². The summed E-state index contributed by atoms with van der Waals surface area (Å²) >= 11 is 5.72. The Morgan fingerprint density at radius 2 is 1.78 bits per heavy atom. The molecule has 4 heteroatoms. The Bertz CT molecular complexity index is 690. The van der Waals surface area contributed by atoms with Gasteiger partial charge in [-0.25, -0.2) is 4.39 Å². The maximum Gasteiger partial charge on any atom is 0.224 e. The molecule has 0 atom stereocenters. The summed E-state index contributed by atoms with van der Waals surface area (Å²) in [7, 11) is 0. The number of hydrogen-bond acceptors (Lipinski definition) is 1. The molecule has 0 fully saturated rings. The predicted octanol–water partition coefficient (Wildman–Crippen LogP) is 4.64. The molecular weight excluding hydrogens is 313 g/mol. The van der Waals surface area contributed by atoms with Crippen LogP contribution in [0.4, 0.5) is 4.39 Å². The van der Waals surface area contributed by atoms with Gasteiger partial charge in [0.05, 0.1) is 11.4 Å². The van der Waals surface area contributed by atoms with Crippen LogP contribution in [0.25, 0.3) is 0 Å². The van der Waals surface area contributed by atoms with Gasteiger partial charge < -0.3 is 5.32 Å². The topological polar surface area (TPSA) is 29.1 Å². The summed E-state index contributed by atoms with van der Waals surface area (Å²) in [5.41, 5.74) is 2.66. The molecule has 0 saturated carbocycles. The van der Waals surface area contributed by atoms with Crippen molar-refractivity contribution in [2.75, 3.05) is 0 Å². The van der Waals surface area contributed by atoms with E-state index < -0.39 is 5.82 Å². The molecule has 0 radical (unpaired) electrons. The number of hydrogen-bond donors (Lipinski definition) is 1. The summed E-state index contributed by atoms with van der Waals surface area (Å²) < 4.78 is 13.8. The van der Waals surface area contributed by atoms with Crippen molar-refractivity contribution in [2.45, 2.75) is 39.2 Å². The molecule has 0 heterocycles. The smallest absolute Gasteiger partial charge is 0.224 e. The van der Waals surface area contributed by atoms with Gasteiger partial charge in [0.15, 0.2) is 0 Å². The number of nitrogens with one attached hydrogen (secondary N) is 1. The van der Waals surface area contributed by atoms with Crippen LogP contribution < -0.4 is 5.32 Å². The molecule has 2 nitrogen and oxygen atoms in total. The van der Waals surface area contributed by atoms with Crippen molar-refractivity contribution in [3.63, 3.8) is 0 Å². The fourth-order valence-corrected chi connectivity index (χ4v) is 2.44. The molecule has 0 aliphatic rings. The molecule has 2 rings (SSSR count).